The summed E-state index contributed by atoms with van der Waals surface area (Å²) >= 11 is 0. The van der Waals surface area contributed by atoms with Crippen molar-refractivity contribution in [3.8, 4) is 0 Å². The van der Waals surface area contributed by atoms with Crippen LogP contribution in [-0.4, -0.2) is 32.4 Å². The Bertz CT molecular complexity index is 625. The van der Waals surface area contributed by atoms with E-state index < -0.39 is 0 Å². The third-order valence-electron chi connectivity index (χ3n) is 4.54. The van der Waals surface area contributed by atoms with Crippen LogP contribution in [0.15, 0.2) is 18.5 Å². The average molecular weight is 315 g/mol. The lowest BCUT2D eigenvalue weighted by Gasteiger charge is -2.15. The van der Waals surface area contributed by atoms with Crippen LogP contribution in [0.4, 0.5) is 0 Å². The predicted molar refractivity (Wildman–Crippen MR) is 88.4 cm³/mol. The molecule has 3 rings (SSSR count). The fraction of sp³-hybridized carbons (Fsp3) is 0.588. The SMILES string of the molecule is CCCc1c(C(=O)NCCc2ccn[nH]2)cnn1C1CCCC1. The molecule has 0 spiro atoms. The summed E-state index contributed by atoms with van der Waals surface area (Å²) in [6.45, 7) is 2.74. The Morgan fingerprint density at radius 3 is 2.91 bits per heavy atom. The number of hydrogen-bond acceptors (Lipinski definition) is 3. The minimum Gasteiger partial charge on any atom is -0.352 e. The Morgan fingerprint density at radius 1 is 1.39 bits per heavy atom. The van der Waals surface area contributed by atoms with Gasteiger partial charge in [0.2, 0.25) is 0 Å². The summed E-state index contributed by atoms with van der Waals surface area (Å²) in [5.41, 5.74) is 2.86. The number of H-pyrrole nitrogens is 1. The maximum Gasteiger partial charge on any atom is 0.254 e. The molecule has 0 bridgehead atoms. The molecule has 1 aliphatic rings. The van der Waals surface area contributed by atoms with Gasteiger partial charge >= 0.3 is 0 Å². The molecule has 1 aliphatic carbocycles. The van der Waals surface area contributed by atoms with Crippen molar-refractivity contribution in [3.63, 3.8) is 0 Å². The van der Waals surface area contributed by atoms with E-state index in [1.54, 1.807) is 12.4 Å². The van der Waals surface area contributed by atoms with Gasteiger partial charge < -0.3 is 5.32 Å². The molecule has 1 amide bonds. The summed E-state index contributed by atoms with van der Waals surface area (Å²) < 4.78 is 2.11. The van der Waals surface area contributed by atoms with Crippen LogP contribution in [0.5, 0.6) is 0 Å². The molecular weight excluding hydrogens is 290 g/mol. The number of aromatic nitrogens is 4. The average Bonchev–Trinajstić information content (AvgIpc) is 3.29. The molecule has 124 valence electrons. The molecule has 23 heavy (non-hydrogen) atoms. The fourth-order valence-corrected chi connectivity index (χ4v) is 3.36. The first-order chi connectivity index (χ1) is 11.3. The summed E-state index contributed by atoms with van der Waals surface area (Å²) in [6.07, 6.45) is 11.0. The van der Waals surface area contributed by atoms with Crippen LogP contribution < -0.4 is 5.32 Å². The van der Waals surface area contributed by atoms with Crippen LogP contribution in [0.25, 0.3) is 0 Å². The van der Waals surface area contributed by atoms with E-state index in [1.165, 1.54) is 25.7 Å². The van der Waals surface area contributed by atoms with Gasteiger partial charge in [0.1, 0.15) is 0 Å². The van der Waals surface area contributed by atoms with Gasteiger partial charge in [-0.15, -0.1) is 0 Å². The summed E-state index contributed by atoms with van der Waals surface area (Å²) in [6, 6.07) is 2.40. The van der Waals surface area contributed by atoms with Gasteiger partial charge in [-0.3, -0.25) is 14.6 Å². The van der Waals surface area contributed by atoms with Crippen molar-refractivity contribution in [3.05, 3.63) is 35.4 Å². The lowest BCUT2D eigenvalue weighted by atomic mass is 10.1. The minimum atomic E-state index is -0.0165. The first-order valence-electron chi connectivity index (χ1n) is 8.62. The van der Waals surface area contributed by atoms with Crippen LogP contribution in [-0.2, 0) is 12.8 Å². The smallest absolute Gasteiger partial charge is 0.254 e. The molecule has 0 aromatic carbocycles. The number of amides is 1. The quantitative estimate of drug-likeness (QED) is 0.824. The molecule has 0 atom stereocenters. The highest BCUT2D eigenvalue weighted by Crippen LogP contribution is 2.31. The van der Waals surface area contributed by atoms with E-state index in [2.05, 4.69) is 32.2 Å². The van der Waals surface area contributed by atoms with Gasteiger partial charge in [-0.1, -0.05) is 26.2 Å². The van der Waals surface area contributed by atoms with Gasteiger partial charge in [0.25, 0.3) is 5.91 Å². The molecule has 6 nitrogen and oxygen atoms in total. The maximum atomic E-state index is 12.5. The van der Waals surface area contributed by atoms with Gasteiger partial charge in [0, 0.05) is 24.9 Å². The first kappa shape index (κ1) is 15.8. The van der Waals surface area contributed by atoms with Gasteiger partial charge in [0.05, 0.1) is 23.5 Å². The molecule has 0 radical (unpaired) electrons. The van der Waals surface area contributed by atoms with Crippen molar-refractivity contribution in [1.82, 2.24) is 25.3 Å². The van der Waals surface area contributed by atoms with E-state index in [9.17, 15) is 4.79 Å². The summed E-state index contributed by atoms with van der Waals surface area (Å²) in [5, 5.41) is 14.4. The Balaban J connectivity index is 1.66. The second kappa shape index (κ2) is 7.44. The molecule has 2 aromatic rings. The fourth-order valence-electron chi connectivity index (χ4n) is 3.36. The molecule has 0 unspecified atom stereocenters. The number of nitrogens with zero attached hydrogens (tertiary/aromatic N) is 3. The number of nitrogens with one attached hydrogen (secondary N) is 2. The highest BCUT2D eigenvalue weighted by molar-refractivity contribution is 5.95. The molecule has 1 saturated carbocycles. The molecule has 2 heterocycles. The van der Waals surface area contributed by atoms with E-state index >= 15 is 0 Å². The topological polar surface area (TPSA) is 75.6 Å². The largest absolute Gasteiger partial charge is 0.352 e. The highest BCUT2D eigenvalue weighted by atomic mass is 16.1. The van der Waals surface area contributed by atoms with E-state index in [0.717, 1.165) is 36.2 Å². The lowest BCUT2D eigenvalue weighted by molar-refractivity contribution is 0.0953. The number of rotatable bonds is 7. The van der Waals surface area contributed by atoms with Crippen LogP contribution in [0, 0.1) is 0 Å². The Labute approximate surface area is 136 Å². The zero-order chi connectivity index (χ0) is 16.1. The van der Waals surface area contributed by atoms with Gasteiger partial charge in [-0.25, -0.2) is 0 Å². The van der Waals surface area contributed by atoms with Crippen molar-refractivity contribution < 1.29 is 4.79 Å². The molecule has 6 heteroatoms. The van der Waals surface area contributed by atoms with Gasteiger partial charge in [-0.05, 0) is 25.3 Å². The Morgan fingerprint density at radius 2 is 2.22 bits per heavy atom. The second-order valence-corrected chi connectivity index (χ2v) is 6.23. The van der Waals surface area contributed by atoms with Crippen LogP contribution in [0.1, 0.15) is 66.8 Å². The van der Waals surface area contributed by atoms with E-state index in [1.807, 2.05) is 6.07 Å². The molecule has 0 aliphatic heterocycles. The standard InChI is InChI=1S/C17H25N5O/c1-2-5-16-15(12-20-22(16)14-6-3-4-7-14)17(23)18-10-8-13-9-11-19-21-13/h9,11-12,14H,2-8,10H2,1H3,(H,18,23)(H,19,21). The van der Waals surface area contributed by atoms with Gasteiger partial charge in [0.15, 0.2) is 0 Å². The zero-order valence-electron chi connectivity index (χ0n) is 13.7. The van der Waals surface area contributed by atoms with Crippen LogP contribution in [0.3, 0.4) is 0 Å². The van der Waals surface area contributed by atoms with Crippen molar-refractivity contribution >= 4 is 5.91 Å². The van der Waals surface area contributed by atoms with Crippen molar-refractivity contribution in [2.24, 2.45) is 0 Å². The van der Waals surface area contributed by atoms with Crippen LogP contribution in [0.2, 0.25) is 0 Å². The molecule has 0 saturated heterocycles. The summed E-state index contributed by atoms with van der Waals surface area (Å²) in [7, 11) is 0. The molecule has 2 aromatic heterocycles. The van der Waals surface area contributed by atoms with Crippen molar-refractivity contribution in [1.29, 1.82) is 0 Å². The van der Waals surface area contributed by atoms with Crippen molar-refractivity contribution in [2.75, 3.05) is 6.54 Å². The Kier molecular flexibility index (Phi) is 5.10. The second-order valence-electron chi connectivity index (χ2n) is 6.23. The number of aromatic amines is 1. The first-order valence-corrected chi connectivity index (χ1v) is 8.62. The van der Waals surface area contributed by atoms with E-state index in [0.29, 0.717) is 12.6 Å². The molecular formula is C17H25N5O. The van der Waals surface area contributed by atoms with Crippen LogP contribution >= 0.6 is 0 Å². The molecule has 1 fully saturated rings. The van der Waals surface area contributed by atoms with Crippen molar-refractivity contribution in [2.45, 2.75) is 57.9 Å². The third kappa shape index (κ3) is 3.63. The minimum absolute atomic E-state index is 0.0165. The Hall–Kier alpha value is -2.11. The lowest BCUT2D eigenvalue weighted by Crippen LogP contribution is -2.27. The van der Waals surface area contributed by atoms with E-state index in [-0.39, 0.29) is 5.91 Å². The normalized spacial score (nSPS) is 15.2. The number of hydrogen-bond donors (Lipinski definition) is 2. The number of carbonyl (C=O) groups is 1. The van der Waals surface area contributed by atoms with E-state index in [4.69, 9.17) is 0 Å². The van der Waals surface area contributed by atoms with Gasteiger partial charge in [-0.2, -0.15) is 10.2 Å². The number of carbonyl (C=O) groups excluding carboxylic acids is 1. The summed E-state index contributed by atoms with van der Waals surface area (Å²) in [4.78, 5) is 12.5. The molecule has 2 N–H and O–H groups in total. The third-order valence-corrected chi connectivity index (χ3v) is 4.54. The zero-order valence-corrected chi connectivity index (χ0v) is 13.7. The summed E-state index contributed by atoms with van der Waals surface area (Å²) in [5.74, 6) is -0.0165. The maximum absolute atomic E-state index is 12.5. The predicted octanol–water partition coefficient (Wildman–Crippen LogP) is 2.65. The highest BCUT2D eigenvalue weighted by Gasteiger charge is 2.24. The monoisotopic (exact) mass is 315 g/mol.